The van der Waals surface area contributed by atoms with Gasteiger partial charge in [-0.2, -0.15) is 0 Å². The Labute approximate surface area is 185 Å². The third-order valence-electron chi connectivity index (χ3n) is 5.33. The van der Waals surface area contributed by atoms with Crippen LogP contribution in [0.3, 0.4) is 0 Å². The van der Waals surface area contributed by atoms with E-state index in [4.69, 9.17) is 4.74 Å². The van der Waals surface area contributed by atoms with E-state index < -0.39 is 5.92 Å². The summed E-state index contributed by atoms with van der Waals surface area (Å²) in [6.07, 6.45) is 1.76. The maximum atomic E-state index is 12.7. The van der Waals surface area contributed by atoms with Crippen LogP contribution in [0.5, 0.6) is 5.75 Å². The number of aryl methyl sites for hydroxylation is 3. The van der Waals surface area contributed by atoms with Crippen LogP contribution in [0, 0.1) is 12.8 Å². The van der Waals surface area contributed by atoms with Crippen molar-refractivity contribution in [2.45, 2.75) is 26.2 Å². The minimum Gasteiger partial charge on any atom is -0.497 e. The number of amides is 2. The number of nitrogens with zero attached hydrogens (tertiary/aromatic N) is 3. The van der Waals surface area contributed by atoms with E-state index in [2.05, 4.69) is 15.5 Å². The lowest BCUT2D eigenvalue weighted by Crippen LogP contribution is -2.28. The summed E-state index contributed by atoms with van der Waals surface area (Å²) in [5, 5.41) is 12.4. The number of ether oxygens (including phenoxy) is 1. The Morgan fingerprint density at radius 1 is 1.13 bits per heavy atom. The third-order valence-corrected chi connectivity index (χ3v) is 6.22. The van der Waals surface area contributed by atoms with E-state index in [0.29, 0.717) is 11.7 Å². The molecule has 0 unspecified atom stereocenters. The summed E-state index contributed by atoms with van der Waals surface area (Å²) in [6, 6.07) is 15.7. The highest BCUT2D eigenvalue weighted by Gasteiger charge is 2.35. The molecule has 1 fully saturated rings. The van der Waals surface area contributed by atoms with E-state index in [9.17, 15) is 9.59 Å². The number of carbonyl (C=O) groups excluding carboxylic acids is 2. The largest absolute Gasteiger partial charge is 0.497 e. The number of nitrogens with one attached hydrogen (secondary N) is 1. The van der Waals surface area contributed by atoms with Crippen molar-refractivity contribution in [2.24, 2.45) is 5.92 Å². The molecule has 0 spiro atoms. The van der Waals surface area contributed by atoms with Gasteiger partial charge >= 0.3 is 0 Å². The molecule has 1 aliphatic heterocycles. The molecule has 0 bridgehead atoms. The van der Waals surface area contributed by atoms with Gasteiger partial charge in [0.25, 0.3) is 0 Å². The first-order chi connectivity index (χ1) is 15.0. The van der Waals surface area contributed by atoms with Gasteiger partial charge in [0.05, 0.1) is 13.0 Å². The molecule has 1 aliphatic rings. The SMILES string of the molecule is COc1ccc(CCc2nnc(NC(=O)[C@@H]3CC(=O)N(c4ccc(C)cc4)C3)s2)cc1. The molecule has 2 aromatic carbocycles. The summed E-state index contributed by atoms with van der Waals surface area (Å²) in [5.41, 5.74) is 3.13. The maximum Gasteiger partial charge on any atom is 0.231 e. The highest BCUT2D eigenvalue weighted by atomic mass is 32.1. The van der Waals surface area contributed by atoms with Crippen molar-refractivity contribution >= 4 is 34.0 Å². The Bertz CT molecular complexity index is 1060. The van der Waals surface area contributed by atoms with E-state index in [-0.39, 0.29) is 18.2 Å². The van der Waals surface area contributed by atoms with Crippen LogP contribution < -0.4 is 15.0 Å². The fourth-order valence-electron chi connectivity index (χ4n) is 3.51. The number of hydrogen-bond donors (Lipinski definition) is 1. The molecule has 160 valence electrons. The van der Waals surface area contributed by atoms with Crippen molar-refractivity contribution in [2.75, 3.05) is 23.9 Å². The van der Waals surface area contributed by atoms with Gasteiger partial charge in [-0.25, -0.2) is 0 Å². The predicted octanol–water partition coefficient (Wildman–Crippen LogP) is 3.63. The summed E-state index contributed by atoms with van der Waals surface area (Å²) >= 11 is 1.37. The van der Waals surface area contributed by atoms with Gasteiger partial charge in [0.1, 0.15) is 10.8 Å². The quantitative estimate of drug-likeness (QED) is 0.611. The zero-order valence-electron chi connectivity index (χ0n) is 17.5. The van der Waals surface area contributed by atoms with Crippen LogP contribution in [0.15, 0.2) is 48.5 Å². The summed E-state index contributed by atoms with van der Waals surface area (Å²) in [4.78, 5) is 26.8. The second-order valence-electron chi connectivity index (χ2n) is 7.58. The van der Waals surface area contributed by atoms with E-state index in [1.54, 1.807) is 12.0 Å². The van der Waals surface area contributed by atoms with Crippen molar-refractivity contribution in [3.05, 3.63) is 64.7 Å². The van der Waals surface area contributed by atoms with Crippen LogP contribution in [-0.4, -0.2) is 35.7 Å². The highest BCUT2D eigenvalue weighted by Crippen LogP contribution is 2.27. The first kappa shape index (κ1) is 21.0. The van der Waals surface area contributed by atoms with Crippen LogP contribution in [-0.2, 0) is 22.4 Å². The number of anilines is 2. The topological polar surface area (TPSA) is 84.4 Å². The number of rotatable bonds is 7. The highest BCUT2D eigenvalue weighted by molar-refractivity contribution is 7.15. The minimum atomic E-state index is -0.402. The Morgan fingerprint density at radius 3 is 2.58 bits per heavy atom. The fraction of sp³-hybridized carbons (Fsp3) is 0.304. The average Bonchev–Trinajstić information content (AvgIpc) is 3.39. The lowest BCUT2D eigenvalue weighted by molar-refractivity contribution is -0.122. The molecule has 2 amide bonds. The second-order valence-corrected chi connectivity index (χ2v) is 8.64. The lowest BCUT2D eigenvalue weighted by atomic mass is 10.1. The standard InChI is InChI=1S/C23H24N4O3S/c1-15-3-8-18(9-4-15)27-14-17(13-21(27)28)22(29)24-23-26-25-20(31-23)12-7-16-5-10-19(30-2)11-6-16/h3-6,8-11,17H,7,12-14H2,1-2H3,(H,24,26,29)/t17-/m1/s1. The minimum absolute atomic E-state index is 0.0403. The van der Waals surface area contributed by atoms with Crippen LogP contribution in [0.25, 0.3) is 0 Å². The summed E-state index contributed by atoms with van der Waals surface area (Å²) in [5.74, 6) is 0.193. The van der Waals surface area contributed by atoms with Gasteiger partial charge in [-0.05, 0) is 43.2 Å². The molecule has 2 heterocycles. The van der Waals surface area contributed by atoms with Gasteiger partial charge in [-0.1, -0.05) is 41.2 Å². The van der Waals surface area contributed by atoms with Crippen molar-refractivity contribution in [3.8, 4) is 5.75 Å². The number of hydrogen-bond acceptors (Lipinski definition) is 6. The van der Waals surface area contributed by atoms with E-state index >= 15 is 0 Å². The van der Waals surface area contributed by atoms with Crippen molar-refractivity contribution < 1.29 is 14.3 Å². The Kier molecular flexibility index (Phi) is 6.27. The van der Waals surface area contributed by atoms with Gasteiger partial charge in [0.2, 0.25) is 16.9 Å². The van der Waals surface area contributed by atoms with Crippen LogP contribution in [0.1, 0.15) is 22.6 Å². The number of benzene rings is 2. The lowest BCUT2D eigenvalue weighted by Gasteiger charge is -2.16. The summed E-state index contributed by atoms with van der Waals surface area (Å²) in [7, 11) is 1.65. The van der Waals surface area contributed by atoms with Crippen LogP contribution in [0.4, 0.5) is 10.8 Å². The van der Waals surface area contributed by atoms with Crippen LogP contribution in [0.2, 0.25) is 0 Å². The zero-order valence-corrected chi connectivity index (χ0v) is 18.3. The second kappa shape index (κ2) is 9.26. The van der Waals surface area contributed by atoms with Crippen molar-refractivity contribution in [1.82, 2.24) is 10.2 Å². The van der Waals surface area contributed by atoms with Crippen LogP contribution >= 0.6 is 11.3 Å². The zero-order chi connectivity index (χ0) is 21.8. The third kappa shape index (κ3) is 5.08. The van der Waals surface area contributed by atoms with Crippen molar-refractivity contribution in [3.63, 3.8) is 0 Å². The first-order valence-electron chi connectivity index (χ1n) is 10.1. The molecule has 1 N–H and O–H groups in total. The first-order valence-corrected chi connectivity index (χ1v) is 11.0. The molecule has 4 rings (SSSR count). The van der Waals surface area contributed by atoms with Gasteiger partial charge in [0.15, 0.2) is 0 Å². The molecule has 1 atom stereocenters. The van der Waals surface area contributed by atoms with Gasteiger partial charge < -0.3 is 15.0 Å². The Hall–Kier alpha value is -3.26. The number of methoxy groups -OCH3 is 1. The molecule has 0 saturated carbocycles. The molecule has 0 radical (unpaired) electrons. The molecule has 31 heavy (non-hydrogen) atoms. The average molecular weight is 437 g/mol. The Balaban J connectivity index is 1.31. The smallest absolute Gasteiger partial charge is 0.231 e. The maximum absolute atomic E-state index is 12.7. The number of carbonyl (C=O) groups is 2. The normalized spacial score (nSPS) is 15.9. The fourth-order valence-corrected chi connectivity index (χ4v) is 4.26. The van der Waals surface area contributed by atoms with Crippen molar-refractivity contribution in [1.29, 1.82) is 0 Å². The molecular formula is C23H24N4O3S. The van der Waals surface area contributed by atoms with Gasteiger partial charge in [-0.15, -0.1) is 10.2 Å². The molecule has 1 saturated heterocycles. The monoisotopic (exact) mass is 436 g/mol. The Morgan fingerprint density at radius 2 is 1.87 bits per heavy atom. The predicted molar refractivity (Wildman–Crippen MR) is 121 cm³/mol. The molecule has 0 aliphatic carbocycles. The molecular weight excluding hydrogens is 412 g/mol. The van der Waals surface area contributed by atoms with Gasteiger partial charge in [-0.3, -0.25) is 9.59 Å². The summed E-state index contributed by atoms with van der Waals surface area (Å²) < 4.78 is 5.17. The molecule has 3 aromatic rings. The summed E-state index contributed by atoms with van der Waals surface area (Å²) in [6.45, 7) is 2.37. The van der Waals surface area contributed by atoms with E-state index in [0.717, 1.165) is 34.8 Å². The van der Waals surface area contributed by atoms with Gasteiger partial charge in [0, 0.05) is 25.1 Å². The molecule has 1 aromatic heterocycles. The number of aromatic nitrogens is 2. The van der Waals surface area contributed by atoms with E-state index in [1.165, 1.54) is 16.9 Å². The molecule has 7 nitrogen and oxygen atoms in total. The molecule has 8 heteroatoms. The van der Waals surface area contributed by atoms with E-state index in [1.807, 2.05) is 55.5 Å².